The number of carbonyl (C=O) groups excluding carboxylic acids is 1. The maximum atomic E-state index is 14.7. The molecule has 166 valence electrons. The first kappa shape index (κ1) is 22.7. The Morgan fingerprint density at radius 1 is 0.968 bits per heavy atom. The molecule has 1 N–H and O–H groups in total. The molecular formula is C20H15F7N2O2. The number of rotatable bonds is 4. The van der Waals surface area contributed by atoms with Crippen LogP contribution in [0.1, 0.15) is 27.9 Å². The second-order valence-electron chi connectivity index (χ2n) is 7.04. The van der Waals surface area contributed by atoms with Crippen LogP contribution in [-0.2, 0) is 0 Å². The molecule has 1 aliphatic rings. The third-order valence-corrected chi connectivity index (χ3v) is 4.84. The van der Waals surface area contributed by atoms with Crippen LogP contribution in [0.25, 0.3) is 0 Å². The van der Waals surface area contributed by atoms with Gasteiger partial charge in [-0.25, -0.2) is 0 Å². The number of hydrogen-bond donors (Lipinski definition) is 1. The van der Waals surface area contributed by atoms with E-state index < -0.39 is 41.8 Å². The van der Waals surface area contributed by atoms with Crippen molar-refractivity contribution in [3.63, 3.8) is 0 Å². The summed E-state index contributed by atoms with van der Waals surface area (Å²) in [5.74, 6) is -14.2. The minimum atomic E-state index is -6.69. The Labute approximate surface area is 171 Å². The summed E-state index contributed by atoms with van der Waals surface area (Å²) in [7, 11) is 0. The van der Waals surface area contributed by atoms with E-state index in [4.69, 9.17) is 0 Å². The smallest absolute Gasteiger partial charge is 0.364 e. The van der Waals surface area contributed by atoms with Gasteiger partial charge in [0.15, 0.2) is 0 Å². The van der Waals surface area contributed by atoms with E-state index in [2.05, 4.69) is 5.10 Å². The molecule has 2 aromatic rings. The molecule has 11 heteroatoms. The van der Waals surface area contributed by atoms with E-state index in [9.17, 15) is 40.6 Å². The van der Waals surface area contributed by atoms with Crippen molar-refractivity contribution in [3.05, 3.63) is 71.3 Å². The number of halogens is 7. The fourth-order valence-corrected chi connectivity index (χ4v) is 3.04. The average molecular weight is 448 g/mol. The molecule has 0 aliphatic carbocycles. The lowest BCUT2D eigenvalue weighted by atomic mass is 9.91. The van der Waals surface area contributed by atoms with Crippen LogP contribution < -0.4 is 0 Å². The Bertz CT molecular complexity index is 1000. The number of benzene rings is 2. The SMILES string of the molecule is Cc1ccc(C(=O)N2N=C(c3ccccc3)C[C@@]2(O)C(F)(F)C(F)(F)C(F)(F)F)cc1. The average Bonchev–Trinajstić information content (AvgIpc) is 3.07. The highest BCUT2D eigenvalue weighted by molar-refractivity contribution is 6.05. The van der Waals surface area contributed by atoms with Gasteiger partial charge in [0.05, 0.1) is 5.71 Å². The van der Waals surface area contributed by atoms with Gasteiger partial charge in [0.25, 0.3) is 5.91 Å². The fraction of sp³-hybridized carbons (Fsp3) is 0.300. The molecule has 1 heterocycles. The molecule has 1 atom stereocenters. The van der Waals surface area contributed by atoms with Crippen LogP contribution in [-0.4, -0.2) is 45.5 Å². The Morgan fingerprint density at radius 3 is 2.03 bits per heavy atom. The first-order valence-electron chi connectivity index (χ1n) is 8.81. The summed E-state index contributed by atoms with van der Waals surface area (Å²) < 4.78 is 95.3. The minimum Gasteiger partial charge on any atom is -0.364 e. The summed E-state index contributed by atoms with van der Waals surface area (Å²) in [5, 5.41) is 13.7. The summed E-state index contributed by atoms with van der Waals surface area (Å²) in [6.45, 7) is 1.64. The van der Waals surface area contributed by atoms with Crippen LogP contribution in [0, 0.1) is 6.92 Å². The van der Waals surface area contributed by atoms with E-state index >= 15 is 0 Å². The van der Waals surface area contributed by atoms with Crippen molar-refractivity contribution >= 4 is 11.6 Å². The van der Waals surface area contributed by atoms with Gasteiger partial charge in [-0.2, -0.15) is 40.8 Å². The zero-order chi connectivity index (χ0) is 23.2. The van der Waals surface area contributed by atoms with Crippen molar-refractivity contribution in [2.75, 3.05) is 0 Å². The van der Waals surface area contributed by atoms with Crippen LogP contribution >= 0.6 is 0 Å². The second kappa shape index (κ2) is 7.33. The van der Waals surface area contributed by atoms with Crippen LogP contribution in [0.5, 0.6) is 0 Å². The van der Waals surface area contributed by atoms with Gasteiger partial charge in [0, 0.05) is 12.0 Å². The lowest BCUT2D eigenvalue weighted by Gasteiger charge is -2.41. The van der Waals surface area contributed by atoms with E-state index in [0.29, 0.717) is 5.56 Å². The van der Waals surface area contributed by atoms with Gasteiger partial charge in [-0.15, -0.1) is 0 Å². The van der Waals surface area contributed by atoms with Crippen LogP contribution in [0.15, 0.2) is 59.7 Å². The number of hydrazone groups is 1. The molecule has 0 saturated carbocycles. The minimum absolute atomic E-state index is 0.0613. The number of aliphatic hydroxyl groups is 1. The fourth-order valence-electron chi connectivity index (χ4n) is 3.04. The Hall–Kier alpha value is -2.95. The van der Waals surface area contributed by atoms with Crippen LogP contribution in [0.4, 0.5) is 30.7 Å². The number of carbonyl (C=O) groups is 1. The van der Waals surface area contributed by atoms with Gasteiger partial charge >= 0.3 is 18.0 Å². The van der Waals surface area contributed by atoms with Crippen molar-refractivity contribution in [2.45, 2.75) is 37.1 Å². The number of amides is 1. The van der Waals surface area contributed by atoms with Gasteiger partial charge in [-0.05, 0) is 24.6 Å². The molecule has 31 heavy (non-hydrogen) atoms. The molecule has 2 aromatic carbocycles. The van der Waals surface area contributed by atoms with E-state index in [1.54, 1.807) is 6.92 Å². The van der Waals surface area contributed by atoms with Crippen LogP contribution in [0.2, 0.25) is 0 Å². The van der Waals surface area contributed by atoms with E-state index in [0.717, 1.165) is 12.1 Å². The summed E-state index contributed by atoms with van der Waals surface area (Å²) in [6, 6.07) is 12.1. The van der Waals surface area contributed by atoms with Crippen molar-refractivity contribution in [2.24, 2.45) is 5.10 Å². The molecule has 3 rings (SSSR count). The summed E-state index contributed by atoms with van der Waals surface area (Å²) >= 11 is 0. The van der Waals surface area contributed by atoms with E-state index in [-0.39, 0.29) is 16.1 Å². The molecule has 0 unspecified atom stereocenters. The molecule has 0 fully saturated rings. The quantitative estimate of drug-likeness (QED) is 0.686. The maximum absolute atomic E-state index is 14.7. The van der Waals surface area contributed by atoms with Crippen molar-refractivity contribution < 1.29 is 40.6 Å². The number of aryl methyl sites for hydroxylation is 1. The normalized spacial score (nSPS) is 20.0. The summed E-state index contributed by atoms with van der Waals surface area (Å²) in [6.07, 6.45) is -8.15. The zero-order valence-corrected chi connectivity index (χ0v) is 15.8. The highest BCUT2D eigenvalue weighted by Gasteiger charge is 2.82. The van der Waals surface area contributed by atoms with Crippen molar-refractivity contribution in [3.8, 4) is 0 Å². The Balaban J connectivity index is 2.15. The second-order valence-corrected chi connectivity index (χ2v) is 7.04. The van der Waals surface area contributed by atoms with Gasteiger partial charge < -0.3 is 5.11 Å². The maximum Gasteiger partial charge on any atom is 0.460 e. The summed E-state index contributed by atoms with van der Waals surface area (Å²) in [4.78, 5) is 12.8. The topological polar surface area (TPSA) is 52.9 Å². The monoisotopic (exact) mass is 448 g/mol. The largest absolute Gasteiger partial charge is 0.460 e. The molecular weight excluding hydrogens is 433 g/mol. The molecule has 4 nitrogen and oxygen atoms in total. The zero-order valence-electron chi connectivity index (χ0n) is 15.8. The predicted octanol–water partition coefficient (Wildman–Crippen LogP) is 4.77. The van der Waals surface area contributed by atoms with Gasteiger partial charge in [0.1, 0.15) is 0 Å². The predicted molar refractivity (Wildman–Crippen MR) is 95.8 cm³/mol. The lowest BCUT2D eigenvalue weighted by Crippen LogP contribution is -2.69. The van der Waals surface area contributed by atoms with E-state index in [1.165, 1.54) is 42.5 Å². The first-order chi connectivity index (χ1) is 14.2. The van der Waals surface area contributed by atoms with Gasteiger partial charge in [-0.3, -0.25) is 4.79 Å². The molecule has 1 amide bonds. The molecule has 0 saturated heterocycles. The van der Waals surface area contributed by atoms with Crippen molar-refractivity contribution in [1.82, 2.24) is 5.01 Å². The van der Waals surface area contributed by atoms with Crippen LogP contribution in [0.3, 0.4) is 0 Å². The number of alkyl halides is 7. The molecule has 1 aliphatic heterocycles. The Kier molecular flexibility index (Phi) is 5.37. The third kappa shape index (κ3) is 3.56. The van der Waals surface area contributed by atoms with Gasteiger partial charge in [0.2, 0.25) is 5.72 Å². The lowest BCUT2D eigenvalue weighted by molar-refractivity contribution is -0.400. The Morgan fingerprint density at radius 2 is 1.52 bits per heavy atom. The van der Waals surface area contributed by atoms with E-state index in [1.807, 2.05) is 0 Å². The third-order valence-electron chi connectivity index (χ3n) is 4.84. The molecule has 0 spiro atoms. The standard InChI is InChI=1S/C20H15F7N2O2/c1-12-7-9-14(10-8-12)16(30)29-17(31,18(21,22)19(23,24)20(25,26)27)11-15(28-29)13-5-3-2-4-6-13/h2-10,31H,11H2,1H3/t17-/m1/s1. The number of nitrogens with zero attached hydrogens (tertiary/aromatic N) is 2. The van der Waals surface area contributed by atoms with Gasteiger partial charge in [-0.1, -0.05) is 48.0 Å². The molecule has 0 bridgehead atoms. The number of hydrogen-bond acceptors (Lipinski definition) is 3. The molecule has 0 radical (unpaired) electrons. The summed E-state index contributed by atoms with van der Waals surface area (Å²) in [5.41, 5.74) is -4.35. The first-order valence-corrected chi connectivity index (χ1v) is 8.81. The molecule has 0 aromatic heterocycles. The highest BCUT2D eigenvalue weighted by Crippen LogP contribution is 2.54. The van der Waals surface area contributed by atoms with Crippen molar-refractivity contribution in [1.29, 1.82) is 0 Å². The highest BCUT2D eigenvalue weighted by atomic mass is 19.4.